The van der Waals surface area contributed by atoms with E-state index in [1.165, 1.54) is 5.56 Å². The van der Waals surface area contributed by atoms with E-state index in [1.807, 2.05) is 61.0 Å². The minimum Gasteiger partial charge on any atom is -0.493 e. The van der Waals surface area contributed by atoms with Gasteiger partial charge in [-0.15, -0.1) is 0 Å². The third-order valence-corrected chi connectivity index (χ3v) is 4.03. The van der Waals surface area contributed by atoms with Crippen molar-refractivity contribution in [3.05, 3.63) is 65.6 Å². The van der Waals surface area contributed by atoms with Crippen molar-refractivity contribution in [1.29, 1.82) is 0 Å². The number of hydrogen-bond acceptors (Lipinski definition) is 3. The molecule has 0 saturated heterocycles. The number of pyridine rings is 1. The summed E-state index contributed by atoms with van der Waals surface area (Å²) in [6.07, 6.45) is 5.02. The van der Waals surface area contributed by atoms with Gasteiger partial charge in [0, 0.05) is 25.4 Å². The van der Waals surface area contributed by atoms with E-state index in [4.69, 9.17) is 4.74 Å². The summed E-state index contributed by atoms with van der Waals surface area (Å²) in [5, 5.41) is 2.92. The summed E-state index contributed by atoms with van der Waals surface area (Å²) >= 11 is 0. The number of carbonyl (C=O) groups is 1. The topological polar surface area (TPSA) is 55.6 Å². The molecule has 0 bridgehead atoms. The van der Waals surface area contributed by atoms with E-state index >= 15 is 0 Å². The summed E-state index contributed by atoms with van der Waals surface area (Å²) in [5.74, 6) is 0.830. The summed E-state index contributed by atoms with van der Waals surface area (Å²) in [4.78, 5) is 16.4. The maximum absolute atomic E-state index is 11.9. The quantitative estimate of drug-likeness (QED) is 0.721. The maximum atomic E-state index is 11.9. The van der Waals surface area contributed by atoms with Crippen molar-refractivity contribution < 1.29 is 9.53 Å². The van der Waals surface area contributed by atoms with Crippen molar-refractivity contribution in [2.75, 3.05) is 13.2 Å². The van der Waals surface area contributed by atoms with Crippen molar-refractivity contribution in [1.82, 2.24) is 14.7 Å². The second-order valence-electron chi connectivity index (χ2n) is 6.17. The van der Waals surface area contributed by atoms with Gasteiger partial charge in [-0.25, -0.2) is 4.98 Å². The van der Waals surface area contributed by atoms with Gasteiger partial charge in [0.1, 0.15) is 11.4 Å². The molecule has 3 rings (SSSR count). The van der Waals surface area contributed by atoms with Crippen LogP contribution in [0.3, 0.4) is 0 Å². The molecule has 0 fully saturated rings. The van der Waals surface area contributed by atoms with Crippen LogP contribution in [0.1, 0.15) is 23.2 Å². The number of amides is 1. The van der Waals surface area contributed by atoms with Gasteiger partial charge in [0.15, 0.2) is 0 Å². The highest BCUT2D eigenvalue weighted by Gasteiger charge is 2.05. The van der Waals surface area contributed by atoms with Gasteiger partial charge in [0.25, 0.3) is 0 Å². The third kappa shape index (κ3) is 4.59. The number of fused-ring (bicyclic) bond motifs is 1. The Hall–Kier alpha value is -2.82. The highest BCUT2D eigenvalue weighted by atomic mass is 16.5. The molecule has 0 saturated carbocycles. The number of rotatable bonds is 7. The number of imidazole rings is 1. The van der Waals surface area contributed by atoms with E-state index in [0.717, 1.165) is 22.7 Å². The summed E-state index contributed by atoms with van der Waals surface area (Å²) in [6.45, 7) is 5.01. The van der Waals surface area contributed by atoms with Crippen LogP contribution in [0.25, 0.3) is 5.65 Å². The molecule has 1 N–H and O–H groups in total. The first-order valence-corrected chi connectivity index (χ1v) is 8.51. The Morgan fingerprint density at radius 2 is 2.12 bits per heavy atom. The van der Waals surface area contributed by atoms with Gasteiger partial charge in [0.05, 0.1) is 18.7 Å². The molecule has 0 aliphatic heterocycles. The lowest BCUT2D eigenvalue weighted by molar-refractivity contribution is -0.121. The van der Waals surface area contributed by atoms with Crippen LogP contribution in [0.4, 0.5) is 0 Å². The SMILES string of the molecule is Cc1ccc(OCCC(=O)NCCc2cn3ccccc3n2)c(C)c1. The molecule has 1 amide bonds. The van der Waals surface area contributed by atoms with E-state index < -0.39 is 0 Å². The Morgan fingerprint density at radius 1 is 1.24 bits per heavy atom. The number of aromatic nitrogens is 2. The molecule has 1 aromatic carbocycles. The molecule has 5 heteroatoms. The molecule has 130 valence electrons. The molecule has 25 heavy (non-hydrogen) atoms. The molecule has 5 nitrogen and oxygen atoms in total. The average Bonchev–Trinajstić information content (AvgIpc) is 2.99. The van der Waals surface area contributed by atoms with E-state index in [9.17, 15) is 4.79 Å². The number of carbonyl (C=O) groups excluding carboxylic acids is 1. The molecule has 0 aliphatic carbocycles. The van der Waals surface area contributed by atoms with Crippen molar-refractivity contribution >= 4 is 11.6 Å². The highest BCUT2D eigenvalue weighted by molar-refractivity contribution is 5.76. The number of benzene rings is 1. The van der Waals surface area contributed by atoms with Gasteiger partial charge < -0.3 is 14.5 Å². The molecule has 3 aromatic rings. The fourth-order valence-corrected chi connectivity index (χ4v) is 2.74. The third-order valence-electron chi connectivity index (χ3n) is 4.03. The first kappa shape index (κ1) is 17.0. The highest BCUT2D eigenvalue weighted by Crippen LogP contribution is 2.18. The molecule has 0 unspecified atom stereocenters. The summed E-state index contributed by atoms with van der Waals surface area (Å²) in [7, 11) is 0. The van der Waals surface area contributed by atoms with Crippen molar-refractivity contribution in [3.63, 3.8) is 0 Å². The standard InChI is InChI=1S/C20H23N3O2/c1-15-6-7-18(16(2)13-15)25-12-9-20(24)21-10-8-17-14-23-11-4-3-5-19(23)22-17/h3-7,11,13-14H,8-10,12H2,1-2H3,(H,21,24). The Labute approximate surface area is 147 Å². The lowest BCUT2D eigenvalue weighted by Gasteiger charge is -2.09. The summed E-state index contributed by atoms with van der Waals surface area (Å²) < 4.78 is 7.67. The van der Waals surface area contributed by atoms with Crippen LogP contribution >= 0.6 is 0 Å². The summed E-state index contributed by atoms with van der Waals surface area (Å²) in [6, 6.07) is 11.9. The molecule has 0 aliphatic rings. The lowest BCUT2D eigenvalue weighted by Crippen LogP contribution is -2.27. The number of hydrogen-bond donors (Lipinski definition) is 1. The smallest absolute Gasteiger partial charge is 0.223 e. The Morgan fingerprint density at radius 3 is 2.92 bits per heavy atom. The monoisotopic (exact) mass is 337 g/mol. The average molecular weight is 337 g/mol. The number of aryl methyl sites for hydroxylation is 2. The van der Waals surface area contributed by atoms with Crippen molar-refractivity contribution in [3.8, 4) is 5.75 Å². The Balaban J connectivity index is 1.39. The number of nitrogens with zero attached hydrogens (tertiary/aromatic N) is 2. The van der Waals surface area contributed by atoms with Crippen LogP contribution in [0.15, 0.2) is 48.8 Å². The molecule has 0 atom stereocenters. The maximum Gasteiger partial charge on any atom is 0.223 e. The normalized spacial score (nSPS) is 10.8. The molecular weight excluding hydrogens is 314 g/mol. The zero-order chi connectivity index (χ0) is 17.6. The van der Waals surface area contributed by atoms with Gasteiger partial charge >= 0.3 is 0 Å². The van der Waals surface area contributed by atoms with Gasteiger partial charge in [0.2, 0.25) is 5.91 Å². The lowest BCUT2D eigenvalue weighted by atomic mass is 10.1. The van der Waals surface area contributed by atoms with Crippen molar-refractivity contribution in [2.45, 2.75) is 26.7 Å². The fourth-order valence-electron chi connectivity index (χ4n) is 2.74. The zero-order valence-electron chi connectivity index (χ0n) is 14.7. The largest absolute Gasteiger partial charge is 0.493 e. The van der Waals surface area contributed by atoms with E-state index in [-0.39, 0.29) is 5.91 Å². The van der Waals surface area contributed by atoms with Gasteiger partial charge in [-0.2, -0.15) is 0 Å². The van der Waals surface area contributed by atoms with E-state index in [2.05, 4.69) is 16.4 Å². The van der Waals surface area contributed by atoms with Gasteiger partial charge in [-0.1, -0.05) is 23.8 Å². The fraction of sp³-hybridized carbons (Fsp3) is 0.300. The second kappa shape index (κ2) is 7.83. The molecule has 0 spiro atoms. The zero-order valence-corrected chi connectivity index (χ0v) is 14.7. The van der Waals surface area contributed by atoms with E-state index in [1.54, 1.807) is 0 Å². The predicted molar refractivity (Wildman–Crippen MR) is 97.9 cm³/mol. The Kier molecular flexibility index (Phi) is 5.33. The minimum atomic E-state index is -0.00599. The molecule has 2 aromatic heterocycles. The number of nitrogens with one attached hydrogen (secondary N) is 1. The van der Waals surface area contributed by atoms with Crippen LogP contribution in [0.5, 0.6) is 5.75 Å². The van der Waals surface area contributed by atoms with Crippen LogP contribution in [-0.4, -0.2) is 28.4 Å². The minimum absolute atomic E-state index is 0.00599. The Bertz CT molecular complexity index is 837. The second-order valence-corrected chi connectivity index (χ2v) is 6.17. The van der Waals surface area contributed by atoms with E-state index in [0.29, 0.717) is 26.0 Å². The molecule has 2 heterocycles. The predicted octanol–water partition coefficient (Wildman–Crippen LogP) is 3.08. The van der Waals surface area contributed by atoms with Gasteiger partial charge in [-0.3, -0.25) is 4.79 Å². The molecular formula is C20H23N3O2. The van der Waals surface area contributed by atoms with Crippen LogP contribution in [-0.2, 0) is 11.2 Å². The van der Waals surface area contributed by atoms with Crippen molar-refractivity contribution in [2.24, 2.45) is 0 Å². The van der Waals surface area contributed by atoms with Crippen LogP contribution in [0.2, 0.25) is 0 Å². The summed E-state index contributed by atoms with van der Waals surface area (Å²) in [5.41, 5.74) is 4.19. The van der Waals surface area contributed by atoms with Crippen LogP contribution < -0.4 is 10.1 Å². The molecule has 0 radical (unpaired) electrons. The first-order chi connectivity index (χ1) is 12.1. The van der Waals surface area contributed by atoms with Gasteiger partial charge in [-0.05, 0) is 37.6 Å². The van der Waals surface area contributed by atoms with Crippen LogP contribution in [0, 0.1) is 13.8 Å². The first-order valence-electron chi connectivity index (χ1n) is 8.51. The number of ether oxygens (including phenoxy) is 1.